The molecule has 19 heavy (non-hydrogen) atoms. The molecule has 0 aromatic rings. The minimum atomic E-state index is -1.08. The van der Waals surface area contributed by atoms with Gasteiger partial charge in [-0.25, -0.2) is 29.2 Å². The standard InChI is InChI=1S/C11H13N3O5/c1-2-9(13-7-16)5-10(14-8-17)11(18)19-4-3-12-6-15/h9-10H,2-5H2,1H3. The molecule has 0 aliphatic rings. The number of rotatable bonds is 9. The van der Waals surface area contributed by atoms with Gasteiger partial charge in [-0.3, -0.25) is 0 Å². The second kappa shape index (κ2) is 10.7. The van der Waals surface area contributed by atoms with Crippen LogP contribution in [-0.4, -0.2) is 49.4 Å². The van der Waals surface area contributed by atoms with E-state index < -0.39 is 18.1 Å². The highest BCUT2D eigenvalue weighted by Crippen LogP contribution is 2.10. The van der Waals surface area contributed by atoms with E-state index in [1.807, 2.05) is 0 Å². The van der Waals surface area contributed by atoms with Crippen LogP contribution in [0.1, 0.15) is 19.8 Å². The van der Waals surface area contributed by atoms with Gasteiger partial charge in [0.05, 0.1) is 12.6 Å². The van der Waals surface area contributed by atoms with Crippen LogP contribution in [0.25, 0.3) is 0 Å². The van der Waals surface area contributed by atoms with E-state index in [2.05, 4.69) is 15.0 Å². The van der Waals surface area contributed by atoms with Gasteiger partial charge in [-0.05, 0) is 6.42 Å². The zero-order valence-electron chi connectivity index (χ0n) is 10.4. The van der Waals surface area contributed by atoms with Crippen LogP contribution in [0.2, 0.25) is 0 Å². The molecule has 102 valence electrons. The van der Waals surface area contributed by atoms with Gasteiger partial charge in [-0.1, -0.05) is 6.92 Å². The van der Waals surface area contributed by atoms with Gasteiger partial charge in [0.15, 0.2) is 6.04 Å². The molecule has 0 N–H and O–H groups in total. The van der Waals surface area contributed by atoms with Gasteiger partial charge >= 0.3 is 5.97 Å². The lowest BCUT2D eigenvalue weighted by Crippen LogP contribution is -2.26. The Morgan fingerprint density at radius 1 is 1.16 bits per heavy atom. The molecule has 0 bridgehead atoms. The number of ether oxygens (including phenoxy) is 1. The van der Waals surface area contributed by atoms with E-state index >= 15 is 0 Å². The summed E-state index contributed by atoms with van der Waals surface area (Å²) in [7, 11) is 0. The highest BCUT2D eigenvalue weighted by atomic mass is 16.5. The van der Waals surface area contributed by atoms with Gasteiger partial charge in [-0.2, -0.15) is 4.99 Å². The largest absolute Gasteiger partial charge is 0.462 e. The minimum absolute atomic E-state index is 0.0174. The van der Waals surface area contributed by atoms with Gasteiger partial charge in [0.25, 0.3) is 0 Å². The molecule has 0 aromatic carbocycles. The predicted octanol–water partition coefficient (Wildman–Crippen LogP) is 0.0743. The molecule has 0 saturated carbocycles. The van der Waals surface area contributed by atoms with Crippen LogP contribution in [0.15, 0.2) is 15.0 Å². The quantitative estimate of drug-likeness (QED) is 0.254. The monoisotopic (exact) mass is 267 g/mol. The number of aliphatic imine (C=N–C) groups is 3. The number of hydrogen-bond donors (Lipinski definition) is 0. The van der Waals surface area contributed by atoms with Crippen molar-refractivity contribution >= 4 is 24.2 Å². The van der Waals surface area contributed by atoms with Crippen molar-refractivity contribution < 1.29 is 23.9 Å². The molecule has 0 heterocycles. The van der Waals surface area contributed by atoms with Crippen LogP contribution in [-0.2, 0) is 23.9 Å². The van der Waals surface area contributed by atoms with Crippen molar-refractivity contribution in [1.29, 1.82) is 0 Å². The molecule has 8 nitrogen and oxygen atoms in total. The molecular formula is C11H13N3O5. The van der Waals surface area contributed by atoms with Gasteiger partial charge in [0, 0.05) is 6.42 Å². The number of isocyanates is 3. The molecular weight excluding hydrogens is 254 g/mol. The number of carbonyl (C=O) groups excluding carboxylic acids is 4. The maximum Gasteiger partial charge on any atom is 0.331 e. The van der Waals surface area contributed by atoms with Gasteiger partial charge in [-0.15, -0.1) is 0 Å². The molecule has 2 unspecified atom stereocenters. The molecule has 0 spiro atoms. The Morgan fingerprint density at radius 2 is 1.84 bits per heavy atom. The fourth-order valence-corrected chi connectivity index (χ4v) is 1.24. The summed E-state index contributed by atoms with van der Waals surface area (Å²) in [5, 5.41) is 0. The van der Waals surface area contributed by atoms with Crippen molar-refractivity contribution in [1.82, 2.24) is 0 Å². The number of carbonyl (C=O) groups is 1. The summed E-state index contributed by atoms with van der Waals surface area (Å²) >= 11 is 0. The average molecular weight is 267 g/mol. The van der Waals surface area contributed by atoms with Crippen LogP contribution in [0.4, 0.5) is 0 Å². The maximum atomic E-state index is 11.6. The van der Waals surface area contributed by atoms with Gasteiger partial charge < -0.3 is 4.74 Å². The summed E-state index contributed by atoms with van der Waals surface area (Å²) in [6, 6.07) is -1.56. The first kappa shape index (κ1) is 16.6. The second-order valence-corrected chi connectivity index (χ2v) is 3.39. The maximum absolute atomic E-state index is 11.6. The Bertz CT molecular complexity index is 432. The van der Waals surface area contributed by atoms with Crippen molar-refractivity contribution in [3.8, 4) is 0 Å². The van der Waals surface area contributed by atoms with Crippen LogP contribution in [0.5, 0.6) is 0 Å². The zero-order chi connectivity index (χ0) is 14.5. The molecule has 0 radical (unpaired) electrons. The summed E-state index contributed by atoms with van der Waals surface area (Å²) in [5.74, 6) is -0.760. The Morgan fingerprint density at radius 3 is 2.37 bits per heavy atom. The summed E-state index contributed by atoms with van der Waals surface area (Å²) in [5.41, 5.74) is 0. The van der Waals surface area contributed by atoms with Crippen molar-refractivity contribution in [2.45, 2.75) is 31.8 Å². The molecule has 0 aliphatic carbocycles. The second-order valence-electron chi connectivity index (χ2n) is 3.39. The smallest absolute Gasteiger partial charge is 0.331 e. The number of hydrogen-bond acceptors (Lipinski definition) is 8. The third-order valence-corrected chi connectivity index (χ3v) is 2.19. The summed E-state index contributed by atoms with van der Waals surface area (Å²) in [6.45, 7) is 1.63. The number of nitrogens with zero attached hydrogens (tertiary/aromatic N) is 3. The minimum Gasteiger partial charge on any atom is -0.462 e. The SMILES string of the molecule is CCC(CC(N=C=O)C(=O)OCCN=C=O)N=C=O. The fraction of sp³-hybridized carbons (Fsp3) is 0.636. The van der Waals surface area contributed by atoms with Crippen LogP contribution in [0.3, 0.4) is 0 Å². The van der Waals surface area contributed by atoms with Crippen molar-refractivity contribution in [2.75, 3.05) is 13.2 Å². The van der Waals surface area contributed by atoms with Crippen LogP contribution in [0, 0.1) is 0 Å². The van der Waals surface area contributed by atoms with Gasteiger partial charge in [0.1, 0.15) is 6.61 Å². The van der Waals surface area contributed by atoms with Crippen molar-refractivity contribution in [3.05, 3.63) is 0 Å². The Labute approximate surface area is 109 Å². The predicted molar refractivity (Wildman–Crippen MR) is 62.7 cm³/mol. The summed E-state index contributed by atoms with van der Waals surface area (Å²) in [4.78, 5) is 51.8. The zero-order valence-corrected chi connectivity index (χ0v) is 10.4. The lowest BCUT2D eigenvalue weighted by molar-refractivity contribution is -0.145. The molecule has 0 amide bonds. The average Bonchev–Trinajstić information content (AvgIpc) is 2.42. The molecule has 0 fully saturated rings. The Kier molecular flexibility index (Phi) is 9.39. The first-order valence-electron chi connectivity index (χ1n) is 5.53. The van der Waals surface area contributed by atoms with Crippen LogP contribution < -0.4 is 0 Å². The molecule has 0 aliphatic heterocycles. The molecule has 0 aromatic heterocycles. The third kappa shape index (κ3) is 7.52. The lowest BCUT2D eigenvalue weighted by Gasteiger charge is -2.13. The van der Waals surface area contributed by atoms with E-state index in [1.54, 1.807) is 6.92 Å². The van der Waals surface area contributed by atoms with Crippen LogP contribution >= 0.6 is 0 Å². The van der Waals surface area contributed by atoms with E-state index in [1.165, 1.54) is 18.2 Å². The van der Waals surface area contributed by atoms with Crippen molar-refractivity contribution in [3.63, 3.8) is 0 Å². The molecule has 0 rings (SSSR count). The van der Waals surface area contributed by atoms with E-state index in [9.17, 15) is 19.2 Å². The number of esters is 1. The lowest BCUT2D eigenvalue weighted by atomic mass is 10.1. The Hall–Kier alpha value is -2.39. The molecule has 2 atom stereocenters. The molecule has 8 heteroatoms. The summed E-state index contributed by atoms with van der Waals surface area (Å²) < 4.78 is 4.76. The topological polar surface area (TPSA) is 115 Å². The van der Waals surface area contributed by atoms with E-state index in [-0.39, 0.29) is 19.6 Å². The van der Waals surface area contributed by atoms with E-state index in [4.69, 9.17) is 4.74 Å². The third-order valence-electron chi connectivity index (χ3n) is 2.19. The van der Waals surface area contributed by atoms with Gasteiger partial charge in [0.2, 0.25) is 18.2 Å². The summed E-state index contributed by atoms with van der Waals surface area (Å²) in [6.07, 6.45) is 4.49. The highest BCUT2D eigenvalue weighted by Gasteiger charge is 2.23. The first-order valence-corrected chi connectivity index (χ1v) is 5.53. The van der Waals surface area contributed by atoms with E-state index in [0.29, 0.717) is 6.42 Å². The van der Waals surface area contributed by atoms with E-state index in [0.717, 1.165) is 0 Å². The normalized spacial score (nSPS) is 12.1. The fourth-order valence-electron chi connectivity index (χ4n) is 1.24. The first-order chi connectivity index (χ1) is 9.19. The van der Waals surface area contributed by atoms with Crippen molar-refractivity contribution in [2.24, 2.45) is 15.0 Å². The highest BCUT2D eigenvalue weighted by molar-refractivity contribution is 5.77. The molecule has 0 saturated heterocycles. The Balaban J connectivity index is 4.52.